The van der Waals surface area contributed by atoms with Crippen molar-refractivity contribution in [3.05, 3.63) is 29.8 Å². The summed E-state index contributed by atoms with van der Waals surface area (Å²) in [5, 5.41) is 20.2. The summed E-state index contributed by atoms with van der Waals surface area (Å²) >= 11 is 0. The van der Waals surface area contributed by atoms with Gasteiger partial charge in [-0.1, -0.05) is 38.3 Å². The molecule has 2 rings (SSSR count). The summed E-state index contributed by atoms with van der Waals surface area (Å²) in [6, 6.07) is 7.55. The second-order valence-corrected chi connectivity index (χ2v) is 5.60. The van der Waals surface area contributed by atoms with Gasteiger partial charge in [-0.3, -0.25) is 0 Å². The molecular formula is C16H24O3. The predicted molar refractivity (Wildman–Crippen MR) is 75.2 cm³/mol. The lowest BCUT2D eigenvalue weighted by molar-refractivity contribution is 0.00133. The fraction of sp³-hybridized carbons (Fsp3) is 0.625. The second-order valence-electron chi connectivity index (χ2n) is 5.60. The van der Waals surface area contributed by atoms with Gasteiger partial charge in [0.15, 0.2) is 0 Å². The largest absolute Gasteiger partial charge is 0.491 e. The maximum absolute atomic E-state index is 10.2. The average molecular weight is 264 g/mol. The fourth-order valence-corrected chi connectivity index (χ4v) is 2.65. The molecule has 0 unspecified atom stereocenters. The van der Waals surface area contributed by atoms with Crippen LogP contribution in [0.25, 0.3) is 0 Å². The van der Waals surface area contributed by atoms with Gasteiger partial charge >= 0.3 is 0 Å². The van der Waals surface area contributed by atoms with Crippen molar-refractivity contribution in [3.8, 4) is 5.75 Å². The zero-order chi connectivity index (χ0) is 13.7. The van der Waals surface area contributed by atoms with Crippen molar-refractivity contribution in [3.63, 3.8) is 0 Å². The van der Waals surface area contributed by atoms with Crippen LogP contribution in [0, 0.1) is 0 Å². The molecule has 106 valence electrons. The van der Waals surface area contributed by atoms with Crippen molar-refractivity contribution in [1.29, 1.82) is 0 Å². The minimum atomic E-state index is -0.655. The highest BCUT2D eigenvalue weighted by atomic mass is 16.5. The summed E-state index contributed by atoms with van der Waals surface area (Å²) in [5.41, 5.74) is 0.232. The Kier molecular flexibility index (Phi) is 4.83. The van der Waals surface area contributed by atoms with Crippen molar-refractivity contribution >= 4 is 0 Å². The lowest BCUT2D eigenvalue weighted by Gasteiger charge is -2.22. The molecule has 2 N–H and O–H groups in total. The number of aliphatic hydroxyl groups excluding tert-OH is 1. The van der Waals surface area contributed by atoms with Gasteiger partial charge < -0.3 is 14.9 Å². The number of ether oxygens (including phenoxy) is 1. The molecular weight excluding hydrogens is 240 g/mol. The number of rotatable bonds is 6. The maximum Gasteiger partial charge on any atom is 0.119 e. The molecule has 1 atom stereocenters. The molecule has 0 amide bonds. The van der Waals surface area contributed by atoms with Crippen LogP contribution in [-0.4, -0.2) is 22.4 Å². The summed E-state index contributed by atoms with van der Waals surface area (Å²) < 4.78 is 5.70. The molecule has 1 fully saturated rings. The van der Waals surface area contributed by atoms with Gasteiger partial charge in [-0.05, 0) is 37.0 Å². The molecule has 3 heteroatoms. The van der Waals surface area contributed by atoms with E-state index < -0.39 is 11.7 Å². The second kappa shape index (κ2) is 6.40. The van der Waals surface area contributed by atoms with Crippen molar-refractivity contribution < 1.29 is 14.9 Å². The summed E-state index contributed by atoms with van der Waals surface area (Å²) in [5.74, 6) is 0.730. The van der Waals surface area contributed by atoms with Crippen LogP contribution in [0.1, 0.15) is 57.1 Å². The van der Waals surface area contributed by atoms with E-state index in [9.17, 15) is 10.2 Å². The summed E-state index contributed by atoms with van der Waals surface area (Å²) in [4.78, 5) is 0. The Bertz CT molecular complexity index is 397. The molecule has 0 spiro atoms. The van der Waals surface area contributed by atoms with Gasteiger partial charge in [0.05, 0.1) is 11.7 Å². The van der Waals surface area contributed by atoms with Crippen LogP contribution in [0.2, 0.25) is 0 Å². The molecule has 0 radical (unpaired) electrons. The standard InChI is InChI=1S/C16H24O3/c1-2-6-15(17)13-7-5-8-14(11-13)19-12-16(18)9-3-4-10-16/h5,7-8,11,15,17-18H,2-4,6,9-10,12H2,1H3/t15-/m0/s1. The summed E-state index contributed by atoms with van der Waals surface area (Å²) in [7, 11) is 0. The first-order valence-corrected chi connectivity index (χ1v) is 7.26. The highest BCUT2D eigenvalue weighted by Gasteiger charge is 2.31. The van der Waals surface area contributed by atoms with Crippen molar-refractivity contribution in [2.45, 2.75) is 57.2 Å². The topological polar surface area (TPSA) is 49.7 Å². The van der Waals surface area contributed by atoms with Gasteiger partial charge in [0, 0.05) is 0 Å². The average Bonchev–Trinajstić information content (AvgIpc) is 2.85. The minimum absolute atomic E-state index is 0.348. The minimum Gasteiger partial charge on any atom is -0.491 e. The van der Waals surface area contributed by atoms with Crippen molar-refractivity contribution in [2.75, 3.05) is 6.61 Å². The van der Waals surface area contributed by atoms with E-state index in [1.165, 1.54) is 0 Å². The molecule has 1 aliphatic carbocycles. The summed E-state index contributed by atoms with van der Waals surface area (Å²) in [6.07, 6.45) is 5.09. The first kappa shape index (κ1) is 14.4. The zero-order valence-electron chi connectivity index (χ0n) is 11.6. The molecule has 3 nitrogen and oxygen atoms in total. The molecule has 1 aromatic rings. The molecule has 1 aromatic carbocycles. The highest BCUT2D eigenvalue weighted by molar-refractivity contribution is 5.30. The van der Waals surface area contributed by atoms with Crippen molar-refractivity contribution in [2.24, 2.45) is 0 Å². The number of hydrogen-bond acceptors (Lipinski definition) is 3. The van der Waals surface area contributed by atoms with Crippen LogP contribution in [0.15, 0.2) is 24.3 Å². The van der Waals surface area contributed by atoms with E-state index in [1.807, 2.05) is 24.3 Å². The monoisotopic (exact) mass is 264 g/mol. The third-order valence-electron chi connectivity index (χ3n) is 3.85. The first-order chi connectivity index (χ1) is 9.13. The van der Waals surface area contributed by atoms with E-state index >= 15 is 0 Å². The van der Waals surface area contributed by atoms with Crippen LogP contribution < -0.4 is 4.74 Å². The Hall–Kier alpha value is -1.06. The van der Waals surface area contributed by atoms with E-state index in [-0.39, 0.29) is 0 Å². The Labute approximate surface area is 115 Å². The Morgan fingerprint density at radius 2 is 2.05 bits per heavy atom. The van der Waals surface area contributed by atoms with Gasteiger partial charge in [0.25, 0.3) is 0 Å². The van der Waals surface area contributed by atoms with E-state index in [0.29, 0.717) is 6.61 Å². The maximum atomic E-state index is 10.2. The molecule has 19 heavy (non-hydrogen) atoms. The number of aliphatic hydroxyl groups is 2. The molecule has 1 aliphatic rings. The lowest BCUT2D eigenvalue weighted by atomic mass is 10.0. The Balaban J connectivity index is 1.95. The van der Waals surface area contributed by atoms with Crippen LogP contribution >= 0.6 is 0 Å². The van der Waals surface area contributed by atoms with Gasteiger partial charge in [0.1, 0.15) is 12.4 Å². The van der Waals surface area contributed by atoms with Crippen LogP contribution in [0.3, 0.4) is 0 Å². The molecule has 0 saturated heterocycles. The third kappa shape index (κ3) is 3.95. The number of benzene rings is 1. The Morgan fingerprint density at radius 1 is 1.32 bits per heavy atom. The zero-order valence-corrected chi connectivity index (χ0v) is 11.6. The smallest absolute Gasteiger partial charge is 0.119 e. The van der Waals surface area contributed by atoms with Crippen LogP contribution in [0.5, 0.6) is 5.75 Å². The van der Waals surface area contributed by atoms with Crippen LogP contribution in [-0.2, 0) is 0 Å². The van der Waals surface area contributed by atoms with Gasteiger partial charge in [0.2, 0.25) is 0 Å². The van der Waals surface area contributed by atoms with Gasteiger partial charge in [-0.25, -0.2) is 0 Å². The molecule has 0 heterocycles. The lowest BCUT2D eigenvalue weighted by Crippen LogP contribution is -2.32. The SMILES string of the molecule is CCC[C@H](O)c1cccc(OCC2(O)CCCC2)c1. The normalized spacial score (nSPS) is 19.3. The van der Waals surface area contributed by atoms with Gasteiger partial charge in [-0.2, -0.15) is 0 Å². The molecule has 0 aromatic heterocycles. The third-order valence-corrected chi connectivity index (χ3v) is 3.85. The fourth-order valence-electron chi connectivity index (χ4n) is 2.65. The predicted octanol–water partition coefficient (Wildman–Crippen LogP) is 3.20. The number of hydrogen-bond donors (Lipinski definition) is 2. The quantitative estimate of drug-likeness (QED) is 0.829. The Morgan fingerprint density at radius 3 is 2.74 bits per heavy atom. The van der Waals surface area contributed by atoms with E-state index in [2.05, 4.69) is 6.92 Å². The van der Waals surface area contributed by atoms with E-state index in [4.69, 9.17) is 4.74 Å². The highest BCUT2D eigenvalue weighted by Crippen LogP contribution is 2.30. The van der Waals surface area contributed by atoms with Gasteiger partial charge in [-0.15, -0.1) is 0 Å². The van der Waals surface area contributed by atoms with Crippen LogP contribution in [0.4, 0.5) is 0 Å². The molecule has 1 saturated carbocycles. The summed E-state index contributed by atoms with van der Waals surface area (Å²) in [6.45, 7) is 2.40. The first-order valence-electron chi connectivity index (χ1n) is 7.26. The van der Waals surface area contributed by atoms with Crippen molar-refractivity contribution in [1.82, 2.24) is 0 Å². The molecule has 0 bridgehead atoms. The van der Waals surface area contributed by atoms with E-state index in [0.717, 1.165) is 49.8 Å². The molecule has 0 aliphatic heterocycles. The van der Waals surface area contributed by atoms with E-state index in [1.54, 1.807) is 0 Å².